The molecule has 0 aliphatic rings. The number of hydrogen-bond donors (Lipinski definition) is 1. The van der Waals surface area contributed by atoms with Gasteiger partial charge in [-0.25, -0.2) is 0 Å². The van der Waals surface area contributed by atoms with Crippen LogP contribution in [0.3, 0.4) is 0 Å². The largest absolute Gasteiger partial charge is 0.329 e. The summed E-state index contributed by atoms with van der Waals surface area (Å²) in [6, 6.07) is 0. The third-order valence-corrected chi connectivity index (χ3v) is 1.34. The molecule has 0 saturated carbocycles. The van der Waals surface area contributed by atoms with E-state index in [2.05, 4.69) is 6.58 Å². The minimum Gasteiger partial charge on any atom is -0.329 e. The lowest BCUT2D eigenvalue weighted by atomic mass is 10.6. The van der Waals surface area contributed by atoms with Crippen LogP contribution in [0.25, 0.3) is 0 Å². The molecule has 0 aliphatic heterocycles. The third kappa shape index (κ3) is 4.13. The summed E-state index contributed by atoms with van der Waals surface area (Å²) in [7, 11) is 2.10. The minimum absolute atomic E-state index is 0.0833. The standard InChI is InChI=1S/C3H11NSi2/c1-2-3(4,5)6/h2H,1,4H2,5-6H3. The maximum absolute atomic E-state index is 5.54. The van der Waals surface area contributed by atoms with E-state index in [1.54, 1.807) is 0 Å². The van der Waals surface area contributed by atoms with Gasteiger partial charge in [-0.15, -0.1) is 6.58 Å². The summed E-state index contributed by atoms with van der Waals surface area (Å²) in [6.07, 6.45) is 1.84. The molecule has 0 aromatic heterocycles. The summed E-state index contributed by atoms with van der Waals surface area (Å²) in [5.74, 6) is 0. The Bertz CT molecular complexity index is 54.3. The van der Waals surface area contributed by atoms with Gasteiger partial charge in [0.2, 0.25) is 0 Å². The van der Waals surface area contributed by atoms with Gasteiger partial charge in [0.25, 0.3) is 0 Å². The van der Waals surface area contributed by atoms with Crippen molar-refractivity contribution in [2.24, 2.45) is 5.73 Å². The Labute approximate surface area is 44.5 Å². The molecule has 36 valence electrons. The molecule has 6 heavy (non-hydrogen) atoms. The van der Waals surface area contributed by atoms with Crippen LogP contribution in [-0.4, -0.2) is 25.3 Å². The zero-order valence-electron chi connectivity index (χ0n) is 4.36. The lowest BCUT2D eigenvalue weighted by Crippen LogP contribution is -2.37. The molecule has 0 aromatic rings. The second-order valence-corrected chi connectivity index (χ2v) is 8.33. The topological polar surface area (TPSA) is 26.0 Å². The van der Waals surface area contributed by atoms with E-state index in [0.29, 0.717) is 0 Å². The molecule has 0 atom stereocenters. The molecule has 0 rings (SSSR count). The summed E-state index contributed by atoms with van der Waals surface area (Å²) in [4.78, 5) is 0.0833. The Morgan fingerprint density at radius 2 is 1.83 bits per heavy atom. The Kier molecular flexibility index (Phi) is 1.76. The van der Waals surface area contributed by atoms with Crippen molar-refractivity contribution in [3.05, 3.63) is 12.7 Å². The summed E-state index contributed by atoms with van der Waals surface area (Å²) < 4.78 is 0. The van der Waals surface area contributed by atoms with Gasteiger partial charge in [-0.05, 0) is 4.79 Å². The molecule has 3 heteroatoms. The summed E-state index contributed by atoms with van der Waals surface area (Å²) >= 11 is 0. The van der Waals surface area contributed by atoms with Crippen molar-refractivity contribution in [2.45, 2.75) is 4.79 Å². The Morgan fingerprint density at radius 1 is 1.67 bits per heavy atom. The smallest absolute Gasteiger partial charge is 0.0275 e. The van der Waals surface area contributed by atoms with Crippen LogP contribution in [0.4, 0.5) is 0 Å². The van der Waals surface area contributed by atoms with E-state index < -0.39 is 0 Å². The minimum atomic E-state index is 0.0833. The maximum Gasteiger partial charge on any atom is 0.0275 e. The van der Waals surface area contributed by atoms with Gasteiger partial charge in [0.15, 0.2) is 0 Å². The molecule has 2 N–H and O–H groups in total. The maximum atomic E-state index is 5.54. The average molecular weight is 117 g/mol. The van der Waals surface area contributed by atoms with Crippen LogP contribution in [0.2, 0.25) is 0 Å². The van der Waals surface area contributed by atoms with Crippen LogP contribution in [0.1, 0.15) is 0 Å². The van der Waals surface area contributed by atoms with Crippen LogP contribution < -0.4 is 5.73 Å². The molecule has 0 bridgehead atoms. The molecule has 0 spiro atoms. The lowest BCUT2D eigenvalue weighted by Gasteiger charge is -2.08. The highest BCUT2D eigenvalue weighted by atomic mass is 28.2. The fraction of sp³-hybridized carbons (Fsp3) is 0.333. The highest BCUT2D eigenvalue weighted by molar-refractivity contribution is 6.41. The van der Waals surface area contributed by atoms with Crippen LogP contribution >= 0.6 is 0 Å². The van der Waals surface area contributed by atoms with Crippen molar-refractivity contribution < 1.29 is 0 Å². The molecular weight excluding hydrogens is 106 g/mol. The molecule has 0 radical (unpaired) electrons. The van der Waals surface area contributed by atoms with Gasteiger partial charge in [-0.1, -0.05) is 6.08 Å². The van der Waals surface area contributed by atoms with E-state index in [1.165, 1.54) is 0 Å². The quantitative estimate of drug-likeness (QED) is 0.299. The molecule has 0 aromatic carbocycles. The molecule has 1 nitrogen and oxygen atoms in total. The van der Waals surface area contributed by atoms with Gasteiger partial charge in [-0.3, -0.25) is 0 Å². The first-order valence-electron chi connectivity index (χ1n) is 1.99. The van der Waals surface area contributed by atoms with Crippen molar-refractivity contribution in [3.63, 3.8) is 0 Å². The molecule has 0 amide bonds. The predicted octanol–water partition coefficient (Wildman–Crippen LogP) is -2.48. The van der Waals surface area contributed by atoms with Gasteiger partial charge >= 0.3 is 0 Å². The fourth-order valence-electron chi connectivity index (χ4n) is 0. The molecule has 0 saturated heterocycles. The lowest BCUT2D eigenvalue weighted by molar-refractivity contribution is 1.04. The molecule has 0 heterocycles. The first-order chi connectivity index (χ1) is 2.56. The van der Waals surface area contributed by atoms with Crippen LogP contribution in [0.5, 0.6) is 0 Å². The van der Waals surface area contributed by atoms with E-state index in [4.69, 9.17) is 5.73 Å². The zero-order valence-corrected chi connectivity index (χ0v) is 8.36. The highest BCUT2D eigenvalue weighted by Crippen LogP contribution is 1.81. The van der Waals surface area contributed by atoms with Crippen LogP contribution in [-0.2, 0) is 0 Å². The average Bonchev–Trinajstić information content (AvgIpc) is 1.35. The predicted molar refractivity (Wildman–Crippen MR) is 37.0 cm³/mol. The first kappa shape index (κ1) is 6.13. The van der Waals surface area contributed by atoms with Gasteiger partial charge in [-0.2, -0.15) is 0 Å². The Morgan fingerprint density at radius 3 is 1.83 bits per heavy atom. The second kappa shape index (κ2) is 1.72. The molecule has 0 fully saturated rings. The van der Waals surface area contributed by atoms with E-state index in [-0.39, 0.29) is 4.79 Å². The summed E-state index contributed by atoms with van der Waals surface area (Å²) in [5, 5.41) is 0. The van der Waals surface area contributed by atoms with Crippen molar-refractivity contribution in [1.82, 2.24) is 0 Å². The van der Waals surface area contributed by atoms with Gasteiger partial charge in [0, 0.05) is 20.5 Å². The van der Waals surface area contributed by atoms with E-state index >= 15 is 0 Å². The number of rotatable bonds is 1. The Balaban J connectivity index is 3.45. The van der Waals surface area contributed by atoms with Gasteiger partial charge in [0.1, 0.15) is 0 Å². The van der Waals surface area contributed by atoms with E-state index in [1.807, 2.05) is 6.08 Å². The van der Waals surface area contributed by atoms with Crippen LogP contribution in [0, 0.1) is 0 Å². The van der Waals surface area contributed by atoms with Crippen molar-refractivity contribution in [3.8, 4) is 0 Å². The number of nitrogens with two attached hydrogens (primary N) is 1. The van der Waals surface area contributed by atoms with E-state index in [9.17, 15) is 0 Å². The second-order valence-electron chi connectivity index (χ2n) is 2.03. The van der Waals surface area contributed by atoms with Crippen LogP contribution in [0.15, 0.2) is 12.7 Å². The first-order valence-corrected chi connectivity index (χ1v) is 3.99. The SMILES string of the molecule is C=CC(N)([SiH3])[SiH3]. The van der Waals surface area contributed by atoms with E-state index in [0.717, 1.165) is 20.5 Å². The summed E-state index contributed by atoms with van der Waals surface area (Å²) in [6.45, 7) is 3.58. The van der Waals surface area contributed by atoms with Gasteiger partial charge < -0.3 is 5.73 Å². The normalized spacial score (nSPS) is 20.2. The molecule has 0 unspecified atom stereocenters. The van der Waals surface area contributed by atoms with Crippen molar-refractivity contribution in [2.75, 3.05) is 0 Å². The van der Waals surface area contributed by atoms with Gasteiger partial charge in [0.05, 0.1) is 0 Å². The fourth-order valence-corrected chi connectivity index (χ4v) is 0. The summed E-state index contributed by atoms with van der Waals surface area (Å²) in [5.41, 5.74) is 5.54. The Hall–Kier alpha value is 0.134. The molecule has 0 aliphatic carbocycles. The molecular formula is C3H11NSi2. The van der Waals surface area contributed by atoms with Crippen molar-refractivity contribution in [1.29, 1.82) is 0 Å². The third-order valence-electron chi connectivity index (χ3n) is 0.526. The number of hydrogen-bond acceptors (Lipinski definition) is 1. The monoisotopic (exact) mass is 117 g/mol. The highest BCUT2D eigenvalue weighted by Gasteiger charge is 1.99. The van der Waals surface area contributed by atoms with Crippen molar-refractivity contribution >= 4 is 20.5 Å². The zero-order chi connectivity index (χ0) is 5.21.